The van der Waals surface area contributed by atoms with Crippen molar-refractivity contribution in [3.63, 3.8) is 0 Å². The maximum absolute atomic E-state index is 12.3. The third-order valence-corrected chi connectivity index (χ3v) is 4.79. The van der Waals surface area contributed by atoms with Crippen LogP contribution >= 0.6 is 0 Å². The maximum atomic E-state index is 12.3. The number of carbonyl (C=O) groups is 1. The number of para-hydroxylation sites is 2. The quantitative estimate of drug-likeness (QED) is 0.891. The fourth-order valence-electron chi connectivity index (χ4n) is 3.62. The predicted octanol–water partition coefficient (Wildman–Crippen LogP) is 2.93. The lowest BCUT2D eigenvalue weighted by molar-refractivity contribution is -0.126. The van der Waals surface area contributed by atoms with Gasteiger partial charge in [-0.1, -0.05) is 25.0 Å². The van der Waals surface area contributed by atoms with Gasteiger partial charge in [0.05, 0.1) is 29.1 Å². The van der Waals surface area contributed by atoms with E-state index in [1.54, 1.807) is 0 Å². The Bertz CT molecular complexity index is 701. The van der Waals surface area contributed by atoms with Gasteiger partial charge in [-0.15, -0.1) is 0 Å². The first-order valence-corrected chi connectivity index (χ1v) is 8.49. The lowest BCUT2D eigenvalue weighted by atomic mass is 9.97. The van der Waals surface area contributed by atoms with Crippen molar-refractivity contribution in [1.82, 2.24) is 14.9 Å². The molecular weight excluding hydrogens is 290 g/mol. The Labute approximate surface area is 136 Å². The van der Waals surface area contributed by atoms with Crippen LogP contribution in [0.4, 0.5) is 0 Å². The molecule has 3 rings (SSSR count). The predicted molar refractivity (Wildman–Crippen MR) is 90.0 cm³/mol. The van der Waals surface area contributed by atoms with Gasteiger partial charge in [0, 0.05) is 6.54 Å². The van der Waals surface area contributed by atoms with Gasteiger partial charge in [0.25, 0.3) is 0 Å². The Kier molecular flexibility index (Phi) is 4.39. The number of fused-ring (bicyclic) bond motifs is 1. The summed E-state index contributed by atoms with van der Waals surface area (Å²) >= 11 is 0. The molecule has 1 saturated carbocycles. The van der Waals surface area contributed by atoms with Crippen LogP contribution in [0.15, 0.2) is 24.3 Å². The molecule has 23 heavy (non-hydrogen) atoms. The minimum atomic E-state index is -0.811. The second-order valence-corrected chi connectivity index (χ2v) is 6.60. The van der Waals surface area contributed by atoms with Crippen molar-refractivity contribution < 1.29 is 9.90 Å². The standard InChI is InChI=1S/C18H25N3O2/c1-3-21-15-9-5-4-8-14(15)20-17(21)13(2)19-16(22)12-18(23)10-6-7-11-18/h4-5,8-9,13,23H,3,6-7,10-12H2,1-2H3,(H,19,22). The molecule has 0 saturated heterocycles. The monoisotopic (exact) mass is 315 g/mol. The van der Waals surface area contributed by atoms with Gasteiger partial charge >= 0.3 is 0 Å². The number of nitrogens with zero attached hydrogens (tertiary/aromatic N) is 2. The Morgan fingerprint density at radius 2 is 2.09 bits per heavy atom. The molecule has 1 unspecified atom stereocenters. The van der Waals surface area contributed by atoms with Gasteiger partial charge < -0.3 is 15.0 Å². The zero-order chi connectivity index (χ0) is 16.4. The van der Waals surface area contributed by atoms with E-state index >= 15 is 0 Å². The summed E-state index contributed by atoms with van der Waals surface area (Å²) in [7, 11) is 0. The van der Waals surface area contributed by atoms with Crippen molar-refractivity contribution in [2.45, 2.75) is 64.1 Å². The number of amides is 1. The number of hydrogen-bond donors (Lipinski definition) is 2. The molecule has 1 aromatic carbocycles. The number of aryl methyl sites for hydroxylation is 1. The zero-order valence-corrected chi connectivity index (χ0v) is 13.9. The fraction of sp³-hybridized carbons (Fsp3) is 0.556. The van der Waals surface area contributed by atoms with Crippen LogP contribution in [-0.4, -0.2) is 26.2 Å². The summed E-state index contributed by atoms with van der Waals surface area (Å²) in [5, 5.41) is 13.4. The van der Waals surface area contributed by atoms with Crippen LogP contribution in [0.2, 0.25) is 0 Å². The second kappa shape index (κ2) is 6.32. The van der Waals surface area contributed by atoms with Crippen LogP contribution < -0.4 is 5.32 Å². The number of hydrogen-bond acceptors (Lipinski definition) is 3. The molecule has 5 nitrogen and oxygen atoms in total. The minimum Gasteiger partial charge on any atom is -0.389 e. The van der Waals surface area contributed by atoms with E-state index in [4.69, 9.17) is 0 Å². The van der Waals surface area contributed by atoms with Gasteiger partial charge in [-0.05, 0) is 38.8 Å². The molecule has 5 heteroatoms. The number of aliphatic hydroxyl groups is 1. The molecule has 124 valence electrons. The highest BCUT2D eigenvalue weighted by Crippen LogP contribution is 2.32. The highest BCUT2D eigenvalue weighted by Gasteiger charge is 2.34. The highest BCUT2D eigenvalue weighted by molar-refractivity contribution is 5.78. The molecule has 1 heterocycles. The molecule has 2 aromatic rings. The van der Waals surface area contributed by atoms with Crippen LogP contribution in [0.3, 0.4) is 0 Å². The van der Waals surface area contributed by atoms with E-state index in [-0.39, 0.29) is 18.4 Å². The Morgan fingerprint density at radius 1 is 1.39 bits per heavy atom. The van der Waals surface area contributed by atoms with E-state index in [9.17, 15) is 9.90 Å². The maximum Gasteiger partial charge on any atom is 0.223 e. The van der Waals surface area contributed by atoms with E-state index in [0.717, 1.165) is 49.1 Å². The molecule has 1 aromatic heterocycles. The third kappa shape index (κ3) is 3.24. The summed E-state index contributed by atoms with van der Waals surface area (Å²) in [5.41, 5.74) is 1.22. The van der Waals surface area contributed by atoms with E-state index in [0.29, 0.717) is 0 Å². The van der Waals surface area contributed by atoms with Crippen molar-refractivity contribution in [1.29, 1.82) is 0 Å². The van der Waals surface area contributed by atoms with Gasteiger partial charge in [0.15, 0.2) is 0 Å². The number of nitrogens with one attached hydrogen (secondary N) is 1. The second-order valence-electron chi connectivity index (χ2n) is 6.60. The zero-order valence-electron chi connectivity index (χ0n) is 13.9. The van der Waals surface area contributed by atoms with Crippen LogP contribution in [0.1, 0.15) is 57.8 Å². The molecule has 1 amide bonds. The Balaban J connectivity index is 1.75. The first-order chi connectivity index (χ1) is 11.0. The van der Waals surface area contributed by atoms with Gasteiger partial charge in [-0.3, -0.25) is 4.79 Å². The number of imidazole rings is 1. The van der Waals surface area contributed by atoms with Crippen LogP contribution in [-0.2, 0) is 11.3 Å². The average molecular weight is 315 g/mol. The first kappa shape index (κ1) is 16.0. The largest absolute Gasteiger partial charge is 0.389 e. The van der Waals surface area contributed by atoms with Gasteiger partial charge in [-0.2, -0.15) is 0 Å². The van der Waals surface area contributed by atoms with Crippen molar-refractivity contribution in [2.75, 3.05) is 0 Å². The summed E-state index contributed by atoms with van der Waals surface area (Å²) in [4.78, 5) is 17.0. The van der Waals surface area contributed by atoms with Crippen molar-refractivity contribution in [3.8, 4) is 0 Å². The van der Waals surface area contributed by atoms with Crippen molar-refractivity contribution >= 4 is 16.9 Å². The lowest BCUT2D eigenvalue weighted by Gasteiger charge is -2.23. The Morgan fingerprint density at radius 3 is 2.78 bits per heavy atom. The van der Waals surface area contributed by atoms with E-state index in [1.165, 1.54) is 0 Å². The van der Waals surface area contributed by atoms with E-state index in [1.807, 2.05) is 31.2 Å². The average Bonchev–Trinajstić information content (AvgIpc) is 3.10. The normalized spacial score (nSPS) is 18.2. The molecule has 1 fully saturated rings. The summed E-state index contributed by atoms with van der Waals surface area (Å²) < 4.78 is 2.13. The van der Waals surface area contributed by atoms with Crippen LogP contribution in [0.5, 0.6) is 0 Å². The fourth-order valence-corrected chi connectivity index (χ4v) is 3.62. The molecule has 0 bridgehead atoms. The SMILES string of the molecule is CCn1c(C(C)NC(=O)CC2(O)CCCC2)nc2ccccc21. The number of aromatic nitrogens is 2. The summed E-state index contributed by atoms with van der Waals surface area (Å²) in [6, 6.07) is 7.82. The summed E-state index contributed by atoms with van der Waals surface area (Å²) in [6.45, 7) is 4.83. The number of rotatable bonds is 5. The molecule has 1 atom stereocenters. The molecule has 0 spiro atoms. The number of benzene rings is 1. The topological polar surface area (TPSA) is 67.2 Å². The van der Waals surface area contributed by atoms with E-state index in [2.05, 4.69) is 21.8 Å². The third-order valence-electron chi connectivity index (χ3n) is 4.79. The van der Waals surface area contributed by atoms with Gasteiger partial charge in [0.2, 0.25) is 5.91 Å². The van der Waals surface area contributed by atoms with Crippen molar-refractivity contribution in [2.24, 2.45) is 0 Å². The van der Waals surface area contributed by atoms with Crippen LogP contribution in [0.25, 0.3) is 11.0 Å². The summed E-state index contributed by atoms with van der Waals surface area (Å²) in [5.74, 6) is 0.761. The first-order valence-electron chi connectivity index (χ1n) is 8.49. The van der Waals surface area contributed by atoms with Crippen LogP contribution in [0, 0.1) is 0 Å². The minimum absolute atomic E-state index is 0.100. The molecule has 0 radical (unpaired) electrons. The summed E-state index contributed by atoms with van der Waals surface area (Å²) in [6.07, 6.45) is 3.64. The molecule has 1 aliphatic carbocycles. The molecule has 0 aliphatic heterocycles. The highest BCUT2D eigenvalue weighted by atomic mass is 16.3. The smallest absolute Gasteiger partial charge is 0.223 e. The lowest BCUT2D eigenvalue weighted by Crippen LogP contribution is -2.36. The van der Waals surface area contributed by atoms with E-state index < -0.39 is 5.60 Å². The van der Waals surface area contributed by atoms with Gasteiger partial charge in [0.1, 0.15) is 5.82 Å². The molecule has 2 N–H and O–H groups in total. The molecular formula is C18H25N3O2. The number of carbonyl (C=O) groups excluding carboxylic acids is 1. The Hall–Kier alpha value is -1.88. The molecule has 1 aliphatic rings. The van der Waals surface area contributed by atoms with Gasteiger partial charge in [-0.25, -0.2) is 4.98 Å². The van der Waals surface area contributed by atoms with Crippen molar-refractivity contribution in [3.05, 3.63) is 30.1 Å².